The zero-order valence-corrected chi connectivity index (χ0v) is 7.58. The van der Waals surface area contributed by atoms with Crippen molar-refractivity contribution in [3.8, 4) is 0 Å². The maximum absolute atomic E-state index is 10.9. The highest BCUT2D eigenvalue weighted by Gasteiger charge is 2.43. The van der Waals surface area contributed by atoms with Crippen LogP contribution in [0.5, 0.6) is 0 Å². The molecule has 0 amide bonds. The molecule has 2 heteroatoms. The summed E-state index contributed by atoms with van der Waals surface area (Å²) < 4.78 is 5.52. The Bertz CT molecular complexity index is 182. The Morgan fingerprint density at radius 3 is 2.83 bits per heavy atom. The molecule has 0 N–H and O–H groups in total. The van der Waals surface area contributed by atoms with Crippen LogP contribution in [-0.4, -0.2) is 18.5 Å². The van der Waals surface area contributed by atoms with Gasteiger partial charge >= 0.3 is 0 Å². The summed E-state index contributed by atoms with van der Waals surface area (Å²) >= 11 is 0. The van der Waals surface area contributed by atoms with E-state index in [1.165, 1.54) is 6.42 Å². The van der Waals surface area contributed by atoms with Crippen molar-refractivity contribution in [1.29, 1.82) is 0 Å². The Morgan fingerprint density at radius 2 is 2.42 bits per heavy atom. The van der Waals surface area contributed by atoms with Gasteiger partial charge in [0, 0.05) is 6.61 Å². The second-order valence-corrected chi connectivity index (χ2v) is 4.31. The largest absolute Gasteiger partial charge is 0.368 e. The molecule has 0 aromatic rings. The topological polar surface area (TPSA) is 26.3 Å². The third-order valence-corrected chi connectivity index (χ3v) is 3.23. The lowest BCUT2D eigenvalue weighted by atomic mass is 9.94. The molecule has 0 aromatic carbocycles. The zero-order chi connectivity index (χ0) is 8.60. The Hall–Kier alpha value is -0.370. The molecule has 1 aliphatic heterocycles. The zero-order valence-electron chi connectivity index (χ0n) is 7.58. The van der Waals surface area contributed by atoms with Gasteiger partial charge in [-0.05, 0) is 37.5 Å². The molecule has 2 aliphatic rings. The number of hydrogen-bond donors (Lipinski definition) is 0. The molecule has 1 saturated carbocycles. The summed E-state index contributed by atoms with van der Waals surface area (Å²) in [6, 6.07) is 0. The van der Waals surface area contributed by atoms with Crippen LogP contribution in [0.15, 0.2) is 0 Å². The average Bonchev–Trinajstić information content (AvgIpc) is 2.60. The Morgan fingerprint density at radius 1 is 1.67 bits per heavy atom. The summed E-state index contributed by atoms with van der Waals surface area (Å²) in [7, 11) is 0. The van der Waals surface area contributed by atoms with E-state index < -0.39 is 0 Å². The normalized spacial score (nSPS) is 46.1. The van der Waals surface area contributed by atoms with E-state index in [-0.39, 0.29) is 5.60 Å². The summed E-state index contributed by atoms with van der Waals surface area (Å²) in [6.45, 7) is 3.03. The molecule has 1 saturated heterocycles. The predicted octanol–water partition coefficient (Wildman–Crippen LogP) is 1.78. The van der Waals surface area contributed by atoms with Gasteiger partial charge in [-0.15, -0.1) is 0 Å². The molecule has 1 heterocycles. The Kier molecular flexibility index (Phi) is 1.95. The minimum Gasteiger partial charge on any atom is -0.368 e. The van der Waals surface area contributed by atoms with Crippen LogP contribution in [0.3, 0.4) is 0 Å². The van der Waals surface area contributed by atoms with E-state index in [0.717, 1.165) is 44.0 Å². The highest BCUT2D eigenvalue weighted by atomic mass is 16.5. The van der Waals surface area contributed by atoms with Gasteiger partial charge in [0.2, 0.25) is 0 Å². The molecule has 2 fully saturated rings. The molecular weight excluding hydrogens is 152 g/mol. The number of carbonyl (C=O) groups is 1. The van der Waals surface area contributed by atoms with Gasteiger partial charge in [-0.1, -0.05) is 6.92 Å². The molecular formula is C10H16O2. The van der Waals surface area contributed by atoms with Gasteiger partial charge in [-0.3, -0.25) is 0 Å². The van der Waals surface area contributed by atoms with E-state index in [1.807, 2.05) is 0 Å². The second kappa shape index (κ2) is 2.84. The van der Waals surface area contributed by atoms with E-state index in [0.29, 0.717) is 0 Å². The maximum Gasteiger partial charge on any atom is 0.151 e. The number of carbonyl (C=O) groups excluding carboxylic acids is 1. The van der Waals surface area contributed by atoms with Crippen molar-refractivity contribution >= 4 is 6.29 Å². The van der Waals surface area contributed by atoms with E-state index in [4.69, 9.17) is 4.74 Å². The SMILES string of the molecule is CC1CC1CC1(C=O)CCCO1. The first-order valence-corrected chi connectivity index (χ1v) is 4.86. The van der Waals surface area contributed by atoms with Gasteiger partial charge in [0.1, 0.15) is 5.60 Å². The lowest BCUT2D eigenvalue weighted by Crippen LogP contribution is -2.30. The van der Waals surface area contributed by atoms with Gasteiger partial charge in [0.25, 0.3) is 0 Å². The third-order valence-electron chi connectivity index (χ3n) is 3.23. The number of aldehydes is 1. The van der Waals surface area contributed by atoms with Crippen molar-refractivity contribution < 1.29 is 9.53 Å². The number of ether oxygens (including phenoxy) is 1. The van der Waals surface area contributed by atoms with Gasteiger partial charge < -0.3 is 9.53 Å². The molecule has 68 valence electrons. The fourth-order valence-corrected chi connectivity index (χ4v) is 2.15. The Balaban J connectivity index is 1.93. The Labute approximate surface area is 73.3 Å². The van der Waals surface area contributed by atoms with Crippen LogP contribution in [0.25, 0.3) is 0 Å². The standard InChI is InChI=1S/C10H16O2/c1-8-5-9(8)6-10(7-11)3-2-4-12-10/h7-9H,2-6H2,1H3. The van der Waals surface area contributed by atoms with Crippen LogP contribution in [0.2, 0.25) is 0 Å². The van der Waals surface area contributed by atoms with Crippen molar-refractivity contribution in [1.82, 2.24) is 0 Å². The van der Waals surface area contributed by atoms with Gasteiger partial charge in [-0.25, -0.2) is 0 Å². The minimum absolute atomic E-state index is 0.380. The number of hydrogen-bond acceptors (Lipinski definition) is 2. The fourth-order valence-electron chi connectivity index (χ4n) is 2.15. The molecule has 0 radical (unpaired) electrons. The van der Waals surface area contributed by atoms with Crippen LogP contribution in [0.4, 0.5) is 0 Å². The first kappa shape index (κ1) is 8.24. The lowest BCUT2D eigenvalue weighted by Gasteiger charge is -2.20. The summed E-state index contributed by atoms with van der Waals surface area (Å²) in [5, 5.41) is 0. The average molecular weight is 168 g/mol. The molecule has 0 bridgehead atoms. The minimum atomic E-state index is -0.380. The van der Waals surface area contributed by atoms with Crippen LogP contribution < -0.4 is 0 Å². The molecule has 1 aliphatic carbocycles. The van der Waals surface area contributed by atoms with Crippen LogP contribution >= 0.6 is 0 Å². The van der Waals surface area contributed by atoms with Gasteiger partial charge in [-0.2, -0.15) is 0 Å². The van der Waals surface area contributed by atoms with Crippen LogP contribution in [0.1, 0.15) is 32.6 Å². The quantitative estimate of drug-likeness (QED) is 0.600. The molecule has 3 atom stereocenters. The summed E-state index contributed by atoms with van der Waals surface area (Å²) in [6.07, 6.45) is 5.29. The molecule has 0 spiro atoms. The molecule has 12 heavy (non-hydrogen) atoms. The maximum atomic E-state index is 10.9. The summed E-state index contributed by atoms with van der Waals surface area (Å²) in [5.41, 5.74) is -0.380. The van der Waals surface area contributed by atoms with Crippen LogP contribution in [-0.2, 0) is 9.53 Å². The molecule has 2 rings (SSSR count). The summed E-state index contributed by atoms with van der Waals surface area (Å²) in [4.78, 5) is 10.9. The third kappa shape index (κ3) is 1.40. The van der Waals surface area contributed by atoms with Crippen LogP contribution in [0, 0.1) is 11.8 Å². The first-order chi connectivity index (χ1) is 5.76. The van der Waals surface area contributed by atoms with Gasteiger partial charge in [0.05, 0.1) is 0 Å². The van der Waals surface area contributed by atoms with Crippen molar-refractivity contribution in [2.24, 2.45) is 11.8 Å². The molecule has 2 nitrogen and oxygen atoms in total. The van der Waals surface area contributed by atoms with Crippen molar-refractivity contribution in [2.45, 2.75) is 38.2 Å². The van der Waals surface area contributed by atoms with E-state index in [1.54, 1.807) is 0 Å². The molecule has 3 unspecified atom stereocenters. The predicted molar refractivity (Wildman–Crippen MR) is 45.9 cm³/mol. The van der Waals surface area contributed by atoms with Crippen molar-refractivity contribution in [3.05, 3.63) is 0 Å². The number of rotatable bonds is 3. The smallest absolute Gasteiger partial charge is 0.151 e. The highest BCUT2D eigenvalue weighted by molar-refractivity contribution is 5.63. The van der Waals surface area contributed by atoms with Gasteiger partial charge in [0.15, 0.2) is 6.29 Å². The fraction of sp³-hybridized carbons (Fsp3) is 0.900. The summed E-state index contributed by atoms with van der Waals surface area (Å²) in [5.74, 6) is 1.58. The van der Waals surface area contributed by atoms with E-state index in [9.17, 15) is 4.79 Å². The second-order valence-electron chi connectivity index (χ2n) is 4.31. The monoisotopic (exact) mass is 168 g/mol. The molecule has 0 aromatic heterocycles. The first-order valence-electron chi connectivity index (χ1n) is 4.86. The van der Waals surface area contributed by atoms with Crippen molar-refractivity contribution in [3.63, 3.8) is 0 Å². The van der Waals surface area contributed by atoms with E-state index >= 15 is 0 Å². The van der Waals surface area contributed by atoms with Crippen molar-refractivity contribution in [2.75, 3.05) is 6.61 Å². The van der Waals surface area contributed by atoms with E-state index in [2.05, 4.69) is 6.92 Å². The highest BCUT2D eigenvalue weighted by Crippen LogP contribution is 2.46. The lowest BCUT2D eigenvalue weighted by molar-refractivity contribution is -0.126.